The fourth-order valence-electron chi connectivity index (χ4n) is 2.24. The molecule has 1 saturated heterocycles. The summed E-state index contributed by atoms with van der Waals surface area (Å²) < 4.78 is 12.1. The first-order valence-corrected chi connectivity index (χ1v) is 7.98. The molecule has 1 aromatic rings. The lowest BCUT2D eigenvalue weighted by molar-refractivity contribution is 0.00578. The third-order valence-corrected chi connectivity index (χ3v) is 4.42. The van der Waals surface area contributed by atoms with Gasteiger partial charge in [0.25, 0.3) is 0 Å². The highest BCUT2D eigenvalue weighted by Gasteiger charge is 2.52. The summed E-state index contributed by atoms with van der Waals surface area (Å²) in [5.41, 5.74) is 13.4. The molecule has 0 radical (unpaired) electrons. The van der Waals surface area contributed by atoms with Gasteiger partial charge in [0.1, 0.15) is 0 Å². The number of anilines is 1. The van der Waals surface area contributed by atoms with Crippen molar-refractivity contribution in [2.24, 2.45) is 11.5 Å². The maximum Gasteiger partial charge on any atom is 0.491 e. The maximum absolute atomic E-state index is 6.05. The van der Waals surface area contributed by atoms with Crippen molar-refractivity contribution in [2.45, 2.75) is 38.9 Å². The molecule has 0 spiro atoms. The molecule has 0 atom stereocenters. The van der Waals surface area contributed by atoms with Gasteiger partial charge in [-0.15, -0.1) is 0 Å². The quantitative estimate of drug-likeness (QED) is 0.579. The van der Waals surface area contributed by atoms with Crippen LogP contribution in [-0.2, 0) is 9.31 Å². The Labute approximate surface area is 143 Å². The summed E-state index contributed by atoms with van der Waals surface area (Å²) in [6, 6.07) is 7.73. The van der Waals surface area contributed by atoms with E-state index in [1.165, 1.54) is 0 Å². The molecule has 23 heavy (non-hydrogen) atoms. The van der Waals surface area contributed by atoms with Crippen molar-refractivity contribution in [1.29, 1.82) is 0 Å². The zero-order valence-corrected chi connectivity index (χ0v) is 14.9. The van der Waals surface area contributed by atoms with Crippen LogP contribution >= 0.6 is 12.2 Å². The Kier molecular flexibility index (Phi) is 5.15. The SMILES string of the molecule is CC1(C)OB(C(=Cc2ccc(NC(N)=S)cc2)CN)OC1(C)C. The van der Waals surface area contributed by atoms with Gasteiger partial charge in [-0.1, -0.05) is 18.2 Å². The molecule has 0 aliphatic carbocycles. The summed E-state index contributed by atoms with van der Waals surface area (Å²) >= 11 is 4.82. The van der Waals surface area contributed by atoms with Crippen LogP contribution in [0.1, 0.15) is 33.3 Å². The van der Waals surface area contributed by atoms with Crippen molar-refractivity contribution in [1.82, 2.24) is 0 Å². The van der Waals surface area contributed by atoms with Crippen molar-refractivity contribution in [3.8, 4) is 0 Å². The minimum Gasteiger partial charge on any atom is -0.400 e. The number of hydrogen-bond acceptors (Lipinski definition) is 4. The second-order valence-corrected chi connectivity index (χ2v) is 7.06. The zero-order valence-electron chi connectivity index (χ0n) is 14.1. The molecule has 1 fully saturated rings. The normalized spacial score (nSPS) is 19.7. The average Bonchev–Trinajstić information content (AvgIpc) is 2.66. The molecule has 124 valence electrons. The van der Waals surface area contributed by atoms with Crippen molar-refractivity contribution in [2.75, 3.05) is 11.9 Å². The van der Waals surface area contributed by atoms with Gasteiger partial charge in [-0.2, -0.15) is 0 Å². The molecular weight excluding hydrogens is 309 g/mol. The number of nitrogens with one attached hydrogen (secondary N) is 1. The highest BCUT2D eigenvalue weighted by Crippen LogP contribution is 2.38. The molecular formula is C16H24BN3O2S. The molecule has 5 nitrogen and oxygen atoms in total. The lowest BCUT2D eigenvalue weighted by Gasteiger charge is -2.32. The van der Waals surface area contributed by atoms with Crippen LogP contribution in [0.4, 0.5) is 5.69 Å². The van der Waals surface area contributed by atoms with E-state index in [1.807, 2.05) is 58.0 Å². The number of benzene rings is 1. The molecule has 5 N–H and O–H groups in total. The van der Waals surface area contributed by atoms with E-state index >= 15 is 0 Å². The Hall–Kier alpha value is -1.41. The van der Waals surface area contributed by atoms with Gasteiger partial charge in [-0.3, -0.25) is 0 Å². The summed E-state index contributed by atoms with van der Waals surface area (Å²) in [6.45, 7) is 8.47. The molecule has 0 amide bonds. The van der Waals surface area contributed by atoms with E-state index in [0.717, 1.165) is 16.7 Å². The molecule has 0 unspecified atom stereocenters. The number of rotatable bonds is 4. The van der Waals surface area contributed by atoms with Crippen LogP contribution in [0.25, 0.3) is 6.08 Å². The van der Waals surface area contributed by atoms with Crippen LogP contribution < -0.4 is 16.8 Å². The Morgan fingerprint density at radius 3 is 2.13 bits per heavy atom. The second kappa shape index (κ2) is 6.61. The summed E-state index contributed by atoms with van der Waals surface area (Å²) in [4.78, 5) is 0. The first-order valence-electron chi connectivity index (χ1n) is 7.57. The van der Waals surface area contributed by atoms with Crippen molar-refractivity contribution < 1.29 is 9.31 Å². The fourth-order valence-corrected chi connectivity index (χ4v) is 2.35. The summed E-state index contributed by atoms with van der Waals surface area (Å²) in [7, 11) is -0.431. The van der Waals surface area contributed by atoms with Crippen molar-refractivity contribution in [3.63, 3.8) is 0 Å². The molecule has 2 rings (SSSR count). The molecule has 1 aliphatic heterocycles. The van der Waals surface area contributed by atoms with E-state index in [0.29, 0.717) is 6.54 Å². The smallest absolute Gasteiger partial charge is 0.400 e. The topological polar surface area (TPSA) is 82.5 Å². The van der Waals surface area contributed by atoms with Crippen LogP contribution in [0.5, 0.6) is 0 Å². The predicted octanol–water partition coefficient (Wildman–Crippen LogP) is 2.32. The van der Waals surface area contributed by atoms with Gasteiger partial charge in [-0.05, 0) is 63.1 Å². The second-order valence-electron chi connectivity index (χ2n) is 6.62. The molecule has 7 heteroatoms. The van der Waals surface area contributed by atoms with Gasteiger partial charge >= 0.3 is 7.12 Å². The third-order valence-electron chi connectivity index (χ3n) is 4.32. The van der Waals surface area contributed by atoms with Gasteiger partial charge in [-0.25, -0.2) is 0 Å². The van der Waals surface area contributed by atoms with Gasteiger partial charge in [0.15, 0.2) is 5.11 Å². The Morgan fingerprint density at radius 2 is 1.70 bits per heavy atom. The Bertz CT molecular complexity index is 598. The van der Waals surface area contributed by atoms with E-state index in [1.54, 1.807) is 0 Å². The van der Waals surface area contributed by atoms with Crippen LogP contribution in [0, 0.1) is 0 Å². The molecule has 1 heterocycles. The van der Waals surface area contributed by atoms with Crippen molar-refractivity contribution >= 4 is 36.2 Å². The van der Waals surface area contributed by atoms with E-state index in [2.05, 4.69) is 5.32 Å². The lowest BCUT2D eigenvalue weighted by Crippen LogP contribution is -2.41. The van der Waals surface area contributed by atoms with E-state index < -0.39 is 7.12 Å². The summed E-state index contributed by atoms with van der Waals surface area (Å²) in [6.07, 6.45) is 1.99. The van der Waals surface area contributed by atoms with E-state index in [9.17, 15) is 0 Å². The van der Waals surface area contributed by atoms with Crippen LogP contribution in [0.15, 0.2) is 29.7 Å². The highest BCUT2D eigenvalue weighted by atomic mass is 32.1. The fraction of sp³-hybridized carbons (Fsp3) is 0.438. The van der Waals surface area contributed by atoms with Crippen LogP contribution in [0.3, 0.4) is 0 Å². The van der Waals surface area contributed by atoms with Crippen molar-refractivity contribution in [3.05, 3.63) is 35.3 Å². The average molecular weight is 333 g/mol. The maximum atomic E-state index is 6.05. The monoisotopic (exact) mass is 333 g/mol. The zero-order chi connectivity index (χ0) is 17.3. The van der Waals surface area contributed by atoms with Crippen LogP contribution in [-0.4, -0.2) is 30.0 Å². The standard InChI is InChI=1S/C16H24BN3O2S/c1-15(2)16(3,4)22-17(21-15)12(10-18)9-11-5-7-13(8-6-11)20-14(19)23/h5-9H,10,18H2,1-4H3,(H3,19,20,23). The van der Waals surface area contributed by atoms with Gasteiger partial charge < -0.3 is 26.1 Å². The van der Waals surface area contributed by atoms with Gasteiger partial charge in [0.05, 0.1) is 11.2 Å². The minimum atomic E-state index is -0.431. The molecule has 0 bridgehead atoms. The molecule has 1 aliphatic rings. The lowest BCUT2D eigenvalue weighted by atomic mass is 9.77. The number of nitrogens with two attached hydrogens (primary N) is 2. The predicted molar refractivity (Wildman–Crippen MR) is 100.0 cm³/mol. The van der Waals surface area contributed by atoms with E-state index in [4.69, 9.17) is 33.0 Å². The molecule has 1 aromatic carbocycles. The summed E-state index contributed by atoms with van der Waals surface area (Å²) in [5, 5.41) is 3.13. The third kappa shape index (κ3) is 4.12. The molecule has 0 saturated carbocycles. The van der Waals surface area contributed by atoms with Gasteiger partial charge in [0.2, 0.25) is 0 Å². The van der Waals surface area contributed by atoms with E-state index in [-0.39, 0.29) is 16.3 Å². The Morgan fingerprint density at radius 1 is 1.17 bits per heavy atom. The number of hydrogen-bond donors (Lipinski definition) is 3. The Balaban J connectivity index is 2.18. The minimum absolute atomic E-state index is 0.244. The van der Waals surface area contributed by atoms with Crippen LogP contribution in [0.2, 0.25) is 0 Å². The largest absolute Gasteiger partial charge is 0.491 e. The number of thiocarbonyl (C=S) groups is 1. The first kappa shape index (κ1) is 17.9. The molecule has 0 aromatic heterocycles. The van der Waals surface area contributed by atoms with Gasteiger partial charge in [0, 0.05) is 12.2 Å². The summed E-state index contributed by atoms with van der Waals surface area (Å²) in [5.74, 6) is 0. The highest BCUT2D eigenvalue weighted by molar-refractivity contribution is 7.80. The first-order chi connectivity index (χ1) is 10.6.